The second kappa shape index (κ2) is 6.43. The molecule has 100 valence electrons. The smallest absolute Gasteiger partial charge is 0.132 e. The van der Waals surface area contributed by atoms with Gasteiger partial charge in [0.05, 0.1) is 13.0 Å². The van der Waals surface area contributed by atoms with E-state index >= 15 is 0 Å². The maximum Gasteiger partial charge on any atom is 0.132 e. The summed E-state index contributed by atoms with van der Waals surface area (Å²) in [7, 11) is 3.69. The van der Waals surface area contributed by atoms with Crippen LogP contribution in [0, 0.1) is 0 Å². The summed E-state index contributed by atoms with van der Waals surface area (Å²) in [6.07, 6.45) is 1.79. The summed E-state index contributed by atoms with van der Waals surface area (Å²) in [6.45, 7) is 0.762. The number of methoxy groups -OCH3 is 1. The fourth-order valence-corrected chi connectivity index (χ4v) is 2.21. The highest BCUT2D eigenvalue weighted by Gasteiger charge is 2.08. The summed E-state index contributed by atoms with van der Waals surface area (Å²) >= 11 is 5.94. The first-order valence-electron chi connectivity index (χ1n) is 6.08. The summed E-state index contributed by atoms with van der Waals surface area (Å²) < 4.78 is 5.23. The van der Waals surface area contributed by atoms with Gasteiger partial charge in [-0.05, 0) is 23.8 Å². The topological polar surface area (TPSA) is 25.4 Å². The summed E-state index contributed by atoms with van der Waals surface area (Å²) in [5.41, 5.74) is 2.21. The van der Waals surface area contributed by atoms with Crippen LogP contribution in [-0.4, -0.2) is 19.1 Å². The van der Waals surface area contributed by atoms with E-state index in [4.69, 9.17) is 16.3 Å². The molecule has 0 bridgehead atoms. The highest BCUT2D eigenvalue weighted by atomic mass is 35.5. The van der Waals surface area contributed by atoms with E-state index in [9.17, 15) is 0 Å². The van der Waals surface area contributed by atoms with E-state index in [1.807, 2.05) is 37.4 Å². The van der Waals surface area contributed by atoms with Gasteiger partial charge in [0.25, 0.3) is 0 Å². The molecule has 0 unspecified atom stereocenters. The number of benzene rings is 1. The van der Waals surface area contributed by atoms with Crippen molar-refractivity contribution in [2.75, 3.05) is 19.1 Å². The summed E-state index contributed by atoms with van der Waals surface area (Å²) in [6, 6.07) is 11.9. The third-order valence-corrected chi connectivity index (χ3v) is 3.21. The quantitative estimate of drug-likeness (QED) is 0.782. The van der Waals surface area contributed by atoms with Gasteiger partial charge in [0.15, 0.2) is 0 Å². The van der Waals surface area contributed by atoms with Crippen molar-refractivity contribution < 1.29 is 4.74 Å². The first-order valence-corrected chi connectivity index (χ1v) is 6.62. The van der Waals surface area contributed by atoms with Gasteiger partial charge in [0, 0.05) is 25.4 Å². The first kappa shape index (κ1) is 13.7. The average Bonchev–Trinajstić information content (AvgIpc) is 2.47. The van der Waals surface area contributed by atoms with Crippen LogP contribution in [0.3, 0.4) is 0 Å². The second-order valence-corrected chi connectivity index (χ2v) is 4.59. The number of aromatic nitrogens is 1. The molecule has 0 spiro atoms. The summed E-state index contributed by atoms with van der Waals surface area (Å²) in [5, 5.41) is 0. The number of hydrogen-bond donors (Lipinski definition) is 0. The van der Waals surface area contributed by atoms with Crippen molar-refractivity contribution in [2.45, 2.75) is 12.4 Å². The number of rotatable bonds is 5. The summed E-state index contributed by atoms with van der Waals surface area (Å²) in [4.78, 5) is 6.49. The van der Waals surface area contributed by atoms with Gasteiger partial charge in [-0.1, -0.05) is 18.2 Å². The lowest BCUT2D eigenvalue weighted by Crippen LogP contribution is -2.19. The molecule has 0 radical (unpaired) electrons. The van der Waals surface area contributed by atoms with Gasteiger partial charge in [0.2, 0.25) is 0 Å². The van der Waals surface area contributed by atoms with E-state index in [1.165, 1.54) is 5.56 Å². The Morgan fingerprint density at radius 3 is 2.84 bits per heavy atom. The SMILES string of the molecule is COc1cccc(CN(C)c2ncccc2CCl)c1. The Hall–Kier alpha value is -1.74. The number of anilines is 1. The normalized spacial score (nSPS) is 10.3. The Morgan fingerprint density at radius 1 is 1.26 bits per heavy atom. The van der Waals surface area contributed by atoms with Gasteiger partial charge in [-0.25, -0.2) is 4.98 Å². The van der Waals surface area contributed by atoms with Crippen molar-refractivity contribution in [3.8, 4) is 5.75 Å². The van der Waals surface area contributed by atoms with Gasteiger partial charge in [0.1, 0.15) is 11.6 Å². The third-order valence-electron chi connectivity index (χ3n) is 2.93. The standard InChI is InChI=1S/C15H17ClN2O/c1-18(15-13(10-16)6-4-8-17-15)11-12-5-3-7-14(9-12)19-2/h3-9H,10-11H2,1-2H3. The molecule has 0 atom stereocenters. The minimum absolute atomic E-state index is 0.464. The molecule has 4 heteroatoms. The Balaban J connectivity index is 2.18. The van der Waals surface area contributed by atoms with Crippen molar-refractivity contribution in [3.63, 3.8) is 0 Å². The Morgan fingerprint density at radius 2 is 2.11 bits per heavy atom. The van der Waals surface area contributed by atoms with Gasteiger partial charge < -0.3 is 9.64 Å². The molecule has 2 aromatic rings. The van der Waals surface area contributed by atoms with E-state index in [0.29, 0.717) is 5.88 Å². The lowest BCUT2D eigenvalue weighted by Gasteiger charge is -2.20. The van der Waals surface area contributed by atoms with Crippen molar-refractivity contribution in [1.29, 1.82) is 0 Å². The largest absolute Gasteiger partial charge is 0.497 e. The average molecular weight is 277 g/mol. The van der Waals surface area contributed by atoms with Crippen LogP contribution in [0.5, 0.6) is 5.75 Å². The molecule has 0 saturated heterocycles. The highest BCUT2D eigenvalue weighted by molar-refractivity contribution is 6.17. The van der Waals surface area contributed by atoms with Crippen LogP contribution in [0.15, 0.2) is 42.6 Å². The molecule has 0 fully saturated rings. The van der Waals surface area contributed by atoms with Gasteiger partial charge >= 0.3 is 0 Å². The molecule has 0 aliphatic carbocycles. The molecule has 0 aliphatic rings. The molecular formula is C15H17ClN2O. The molecule has 1 heterocycles. The molecule has 0 saturated carbocycles. The zero-order valence-corrected chi connectivity index (χ0v) is 11.9. The highest BCUT2D eigenvalue weighted by Crippen LogP contribution is 2.21. The predicted molar refractivity (Wildman–Crippen MR) is 78.9 cm³/mol. The lowest BCUT2D eigenvalue weighted by molar-refractivity contribution is 0.414. The zero-order chi connectivity index (χ0) is 13.7. The summed E-state index contributed by atoms with van der Waals surface area (Å²) in [5.74, 6) is 2.25. The molecule has 0 amide bonds. The van der Waals surface area contributed by atoms with Crippen LogP contribution in [0.4, 0.5) is 5.82 Å². The van der Waals surface area contributed by atoms with Gasteiger partial charge in [-0.15, -0.1) is 11.6 Å². The van der Waals surface area contributed by atoms with Gasteiger partial charge in [-0.3, -0.25) is 0 Å². The molecule has 19 heavy (non-hydrogen) atoms. The monoisotopic (exact) mass is 276 g/mol. The van der Waals surface area contributed by atoms with E-state index in [-0.39, 0.29) is 0 Å². The van der Waals surface area contributed by atoms with E-state index in [1.54, 1.807) is 13.3 Å². The molecule has 0 N–H and O–H groups in total. The third kappa shape index (κ3) is 3.38. The molecule has 3 nitrogen and oxygen atoms in total. The van der Waals surface area contributed by atoms with Crippen LogP contribution >= 0.6 is 11.6 Å². The number of pyridine rings is 1. The van der Waals surface area contributed by atoms with Crippen LogP contribution in [0.2, 0.25) is 0 Å². The second-order valence-electron chi connectivity index (χ2n) is 4.33. The maximum absolute atomic E-state index is 5.94. The molecule has 0 aliphatic heterocycles. The van der Waals surface area contributed by atoms with Crippen LogP contribution in [0.1, 0.15) is 11.1 Å². The fourth-order valence-electron chi connectivity index (χ4n) is 2.00. The molecular weight excluding hydrogens is 260 g/mol. The molecule has 1 aromatic carbocycles. The number of ether oxygens (including phenoxy) is 1. The Labute approximate surface area is 118 Å². The minimum Gasteiger partial charge on any atom is -0.497 e. The minimum atomic E-state index is 0.464. The Kier molecular flexibility index (Phi) is 4.63. The van der Waals surface area contributed by atoms with Crippen molar-refractivity contribution in [1.82, 2.24) is 4.98 Å². The van der Waals surface area contributed by atoms with E-state index in [0.717, 1.165) is 23.7 Å². The van der Waals surface area contributed by atoms with E-state index < -0.39 is 0 Å². The van der Waals surface area contributed by atoms with Crippen molar-refractivity contribution in [2.24, 2.45) is 0 Å². The first-order chi connectivity index (χ1) is 9.24. The predicted octanol–water partition coefficient (Wildman–Crippen LogP) is 3.47. The van der Waals surface area contributed by atoms with E-state index in [2.05, 4.69) is 16.0 Å². The lowest BCUT2D eigenvalue weighted by atomic mass is 10.2. The van der Waals surface area contributed by atoms with Crippen LogP contribution in [0.25, 0.3) is 0 Å². The van der Waals surface area contributed by atoms with Crippen molar-refractivity contribution >= 4 is 17.4 Å². The number of alkyl halides is 1. The van der Waals surface area contributed by atoms with Crippen LogP contribution < -0.4 is 9.64 Å². The molecule has 2 rings (SSSR count). The maximum atomic E-state index is 5.94. The number of nitrogens with zero attached hydrogens (tertiary/aromatic N) is 2. The van der Waals surface area contributed by atoms with Crippen LogP contribution in [-0.2, 0) is 12.4 Å². The zero-order valence-electron chi connectivity index (χ0n) is 11.1. The molecule has 1 aromatic heterocycles. The number of halogens is 1. The Bertz CT molecular complexity index is 545. The van der Waals surface area contributed by atoms with Crippen molar-refractivity contribution in [3.05, 3.63) is 53.7 Å². The van der Waals surface area contributed by atoms with Gasteiger partial charge in [-0.2, -0.15) is 0 Å². The fraction of sp³-hybridized carbons (Fsp3) is 0.267. The number of hydrogen-bond acceptors (Lipinski definition) is 3.